The zero-order chi connectivity index (χ0) is 10.6. The van der Waals surface area contributed by atoms with E-state index in [1.807, 2.05) is 17.8 Å². The molecule has 1 heterocycles. The van der Waals surface area contributed by atoms with E-state index < -0.39 is 10.0 Å². The molecule has 0 saturated heterocycles. The van der Waals surface area contributed by atoms with E-state index in [4.69, 9.17) is 0 Å². The van der Waals surface area contributed by atoms with Gasteiger partial charge in [-0.15, -0.1) is 0 Å². The van der Waals surface area contributed by atoms with Crippen molar-refractivity contribution in [2.24, 2.45) is 7.05 Å². The highest BCUT2D eigenvalue weighted by molar-refractivity contribution is 7.99. The van der Waals surface area contributed by atoms with Crippen LogP contribution >= 0.6 is 11.8 Å². The van der Waals surface area contributed by atoms with Crippen molar-refractivity contribution in [3.63, 3.8) is 0 Å². The number of thioether (sulfide) groups is 1. The molecule has 14 heavy (non-hydrogen) atoms. The van der Waals surface area contributed by atoms with Gasteiger partial charge < -0.3 is 4.57 Å². The van der Waals surface area contributed by atoms with E-state index in [9.17, 15) is 8.42 Å². The first-order valence-electron chi connectivity index (χ1n) is 4.04. The molecule has 0 unspecified atom stereocenters. The molecule has 0 spiro atoms. The molecule has 0 saturated carbocycles. The standard InChI is InChI=1S/C7H13N3O2S2/c1-10-5-3-8-7(10)13-6-4-9-14(2,11)12/h3,5,9H,4,6H2,1-2H3. The Balaban J connectivity index is 2.26. The molecule has 1 aromatic rings. The van der Waals surface area contributed by atoms with Gasteiger partial charge in [0.1, 0.15) is 0 Å². The fourth-order valence-electron chi connectivity index (χ4n) is 0.860. The SMILES string of the molecule is Cn1ccnc1SCCNS(C)(=O)=O. The predicted octanol–water partition coefficient (Wildman–Crippen LogP) is 0.0614. The second-order valence-electron chi connectivity index (χ2n) is 2.84. The topological polar surface area (TPSA) is 64.0 Å². The molecule has 80 valence electrons. The average molecular weight is 235 g/mol. The fraction of sp³-hybridized carbons (Fsp3) is 0.571. The Kier molecular flexibility index (Phi) is 3.97. The lowest BCUT2D eigenvalue weighted by Gasteiger charge is -2.02. The highest BCUT2D eigenvalue weighted by atomic mass is 32.2. The van der Waals surface area contributed by atoms with Crippen molar-refractivity contribution in [1.29, 1.82) is 0 Å². The summed E-state index contributed by atoms with van der Waals surface area (Å²) in [5.41, 5.74) is 0. The van der Waals surface area contributed by atoms with E-state index in [-0.39, 0.29) is 0 Å². The van der Waals surface area contributed by atoms with E-state index in [1.165, 1.54) is 11.8 Å². The minimum absolute atomic E-state index is 0.427. The molecule has 1 N–H and O–H groups in total. The number of imidazole rings is 1. The van der Waals surface area contributed by atoms with Gasteiger partial charge in [0, 0.05) is 31.7 Å². The molecule has 0 aliphatic carbocycles. The van der Waals surface area contributed by atoms with E-state index in [0.29, 0.717) is 12.3 Å². The van der Waals surface area contributed by atoms with Crippen molar-refractivity contribution in [2.75, 3.05) is 18.6 Å². The summed E-state index contributed by atoms with van der Waals surface area (Å²) in [5, 5.41) is 0.889. The van der Waals surface area contributed by atoms with E-state index in [1.54, 1.807) is 6.20 Å². The molecule has 0 radical (unpaired) electrons. The Labute approximate surface area is 88.0 Å². The van der Waals surface area contributed by atoms with Crippen LogP contribution in [0.4, 0.5) is 0 Å². The molecule has 0 bridgehead atoms. The third-order valence-corrected chi connectivity index (χ3v) is 3.26. The van der Waals surface area contributed by atoms with Crippen LogP contribution in [0.3, 0.4) is 0 Å². The Morgan fingerprint density at radius 2 is 2.36 bits per heavy atom. The maximum atomic E-state index is 10.7. The molecule has 0 aliphatic heterocycles. The maximum absolute atomic E-state index is 10.7. The van der Waals surface area contributed by atoms with Gasteiger partial charge in [-0.1, -0.05) is 11.8 Å². The minimum atomic E-state index is -3.07. The van der Waals surface area contributed by atoms with Crippen LogP contribution in [-0.4, -0.2) is 36.5 Å². The summed E-state index contributed by atoms with van der Waals surface area (Å²) in [6, 6.07) is 0. The van der Waals surface area contributed by atoms with Crippen LogP contribution in [0.5, 0.6) is 0 Å². The first-order chi connectivity index (χ1) is 6.49. The van der Waals surface area contributed by atoms with Crippen LogP contribution in [0.2, 0.25) is 0 Å². The summed E-state index contributed by atoms with van der Waals surface area (Å²) in [6.45, 7) is 0.427. The van der Waals surface area contributed by atoms with Crippen molar-refractivity contribution in [1.82, 2.24) is 14.3 Å². The molecular formula is C7H13N3O2S2. The molecule has 7 heteroatoms. The Morgan fingerprint density at radius 1 is 1.64 bits per heavy atom. The van der Waals surface area contributed by atoms with Gasteiger partial charge in [0.2, 0.25) is 10.0 Å². The smallest absolute Gasteiger partial charge is 0.208 e. The van der Waals surface area contributed by atoms with Gasteiger partial charge in [-0.05, 0) is 0 Å². The van der Waals surface area contributed by atoms with Gasteiger partial charge in [0.15, 0.2) is 5.16 Å². The van der Waals surface area contributed by atoms with Crippen molar-refractivity contribution < 1.29 is 8.42 Å². The van der Waals surface area contributed by atoms with E-state index in [0.717, 1.165) is 11.4 Å². The number of sulfonamides is 1. The number of hydrogen-bond donors (Lipinski definition) is 1. The average Bonchev–Trinajstić information content (AvgIpc) is 2.44. The molecule has 0 atom stereocenters. The number of aromatic nitrogens is 2. The van der Waals surface area contributed by atoms with Crippen LogP contribution < -0.4 is 4.72 Å². The van der Waals surface area contributed by atoms with Gasteiger partial charge >= 0.3 is 0 Å². The van der Waals surface area contributed by atoms with Crippen LogP contribution in [0.1, 0.15) is 0 Å². The molecule has 0 amide bonds. The Morgan fingerprint density at radius 3 is 2.86 bits per heavy atom. The number of hydrogen-bond acceptors (Lipinski definition) is 4. The van der Waals surface area contributed by atoms with E-state index >= 15 is 0 Å². The third-order valence-electron chi connectivity index (χ3n) is 1.47. The van der Waals surface area contributed by atoms with E-state index in [2.05, 4.69) is 9.71 Å². The molecule has 5 nitrogen and oxygen atoms in total. The Hall–Kier alpha value is -0.530. The lowest BCUT2D eigenvalue weighted by molar-refractivity contribution is 0.590. The van der Waals surface area contributed by atoms with Crippen LogP contribution in [0, 0.1) is 0 Å². The molecule has 1 rings (SSSR count). The highest BCUT2D eigenvalue weighted by Gasteiger charge is 2.02. The largest absolute Gasteiger partial charge is 0.329 e. The van der Waals surface area contributed by atoms with Gasteiger partial charge in [-0.3, -0.25) is 0 Å². The first-order valence-corrected chi connectivity index (χ1v) is 6.91. The van der Waals surface area contributed by atoms with Crippen LogP contribution in [-0.2, 0) is 17.1 Å². The minimum Gasteiger partial charge on any atom is -0.329 e. The van der Waals surface area contributed by atoms with Crippen molar-refractivity contribution >= 4 is 21.8 Å². The number of aryl methyl sites for hydroxylation is 1. The number of nitrogens with one attached hydrogen (secondary N) is 1. The van der Waals surface area contributed by atoms with Crippen molar-refractivity contribution in [3.05, 3.63) is 12.4 Å². The summed E-state index contributed by atoms with van der Waals surface area (Å²) >= 11 is 1.52. The summed E-state index contributed by atoms with van der Waals surface area (Å²) < 4.78 is 25.7. The van der Waals surface area contributed by atoms with Crippen LogP contribution in [0.25, 0.3) is 0 Å². The zero-order valence-electron chi connectivity index (χ0n) is 8.10. The third kappa shape index (κ3) is 4.12. The summed E-state index contributed by atoms with van der Waals surface area (Å²) in [7, 11) is -1.16. The van der Waals surface area contributed by atoms with Gasteiger partial charge in [0.25, 0.3) is 0 Å². The van der Waals surface area contributed by atoms with Crippen LogP contribution in [0.15, 0.2) is 17.6 Å². The van der Waals surface area contributed by atoms with Gasteiger partial charge in [-0.25, -0.2) is 18.1 Å². The normalized spacial score (nSPS) is 11.9. The van der Waals surface area contributed by atoms with Crippen molar-refractivity contribution in [2.45, 2.75) is 5.16 Å². The summed E-state index contributed by atoms with van der Waals surface area (Å²) in [5.74, 6) is 0.678. The summed E-state index contributed by atoms with van der Waals surface area (Å²) in [6.07, 6.45) is 4.72. The van der Waals surface area contributed by atoms with Crippen molar-refractivity contribution in [3.8, 4) is 0 Å². The second-order valence-corrected chi connectivity index (χ2v) is 5.73. The molecule has 0 fully saturated rings. The maximum Gasteiger partial charge on any atom is 0.208 e. The molecular weight excluding hydrogens is 222 g/mol. The molecule has 1 aromatic heterocycles. The molecule has 0 aromatic carbocycles. The fourth-order valence-corrected chi connectivity index (χ4v) is 2.25. The number of nitrogens with zero attached hydrogens (tertiary/aromatic N) is 2. The predicted molar refractivity (Wildman–Crippen MR) is 56.8 cm³/mol. The highest BCUT2D eigenvalue weighted by Crippen LogP contribution is 2.12. The van der Waals surface area contributed by atoms with Gasteiger partial charge in [0.05, 0.1) is 6.26 Å². The van der Waals surface area contributed by atoms with Gasteiger partial charge in [-0.2, -0.15) is 0 Å². The summed E-state index contributed by atoms with van der Waals surface area (Å²) in [4.78, 5) is 4.10. The lowest BCUT2D eigenvalue weighted by Crippen LogP contribution is -2.24. The quantitative estimate of drug-likeness (QED) is 0.579. The first kappa shape index (κ1) is 11.5. The Bertz CT molecular complexity index is 385. The monoisotopic (exact) mass is 235 g/mol. The molecule has 0 aliphatic rings. The lowest BCUT2D eigenvalue weighted by atomic mass is 10.8. The zero-order valence-corrected chi connectivity index (χ0v) is 9.73. The second kappa shape index (κ2) is 4.81. The number of rotatable bonds is 5.